The van der Waals surface area contributed by atoms with Gasteiger partial charge in [0.2, 0.25) is 0 Å². The molecule has 7 nitrogen and oxygen atoms in total. The van der Waals surface area contributed by atoms with Crippen LogP contribution in [-0.4, -0.2) is 39.0 Å². The zero-order chi connectivity index (χ0) is 17.1. The SMILES string of the molecule is Cn1ccnc1-c1ccc(NCC[C@@H]2COc3ccccc3O2)nn1. The molecule has 1 N–H and O–H groups in total. The van der Waals surface area contributed by atoms with Crippen molar-refractivity contribution >= 4 is 5.82 Å². The summed E-state index contributed by atoms with van der Waals surface area (Å²) in [7, 11) is 1.93. The molecular formula is C18H19N5O2. The maximum Gasteiger partial charge on any atom is 0.161 e. The van der Waals surface area contributed by atoms with Crippen LogP contribution in [0.15, 0.2) is 48.8 Å². The highest BCUT2D eigenvalue weighted by molar-refractivity contribution is 5.51. The molecule has 1 atom stereocenters. The van der Waals surface area contributed by atoms with Crippen LogP contribution in [0.4, 0.5) is 5.82 Å². The molecule has 1 aliphatic rings. The summed E-state index contributed by atoms with van der Waals surface area (Å²) in [5.41, 5.74) is 0.749. The van der Waals surface area contributed by atoms with Crippen LogP contribution in [0, 0.1) is 0 Å². The highest BCUT2D eigenvalue weighted by Crippen LogP contribution is 2.31. The lowest BCUT2D eigenvalue weighted by molar-refractivity contribution is 0.0873. The van der Waals surface area contributed by atoms with Gasteiger partial charge >= 0.3 is 0 Å². The predicted octanol–water partition coefficient (Wildman–Crippen LogP) is 2.52. The summed E-state index contributed by atoms with van der Waals surface area (Å²) in [6.45, 7) is 1.29. The van der Waals surface area contributed by atoms with E-state index in [4.69, 9.17) is 9.47 Å². The fraction of sp³-hybridized carbons (Fsp3) is 0.278. The third kappa shape index (κ3) is 3.40. The normalized spacial score (nSPS) is 15.8. The molecule has 3 heterocycles. The van der Waals surface area contributed by atoms with Crippen molar-refractivity contribution in [3.63, 3.8) is 0 Å². The maximum absolute atomic E-state index is 5.94. The molecule has 7 heteroatoms. The average molecular weight is 337 g/mol. The van der Waals surface area contributed by atoms with Crippen molar-refractivity contribution in [2.45, 2.75) is 12.5 Å². The predicted molar refractivity (Wildman–Crippen MR) is 93.7 cm³/mol. The van der Waals surface area contributed by atoms with E-state index in [0.29, 0.717) is 6.61 Å². The number of anilines is 1. The Hall–Kier alpha value is -3.09. The summed E-state index contributed by atoms with van der Waals surface area (Å²) in [5.74, 6) is 3.14. The van der Waals surface area contributed by atoms with Gasteiger partial charge in [-0.2, -0.15) is 0 Å². The van der Waals surface area contributed by atoms with Gasteiger partial charge in [0.15, 0.2) is 17.3 Å². The number of aryl methyl sites for hydroxylation is 1. The van der Waals surface area contributed by atoms with E-state index in [1.165, 1.54) is 0 Å². The lowest BCUT2D eigenvalue weighted by atomic mass is 10.2. The van der Waals surface area contributed by atoms with Crippen LogP contribution >= 0.6 is 0 Å². The average Bonchev–Trinajstić information content (AvgIpc) is 3.08. The van der Waals surface area contributed by atoms with E-state index >= 15 is 0 Å². The van der Waals surface area contributed by atoms with Crippen molar-refractivity contribution in [3.8, 4) is 23.0 Å². The monoisotopic (exact) mass is 337 g/mol. The lowest BCUT2D eigenvalue weighted by Crippen LogP contribution is -2.31. The minimum absolute atomic E-state index is 0.0298. The third-order valence-corrected chi connectivity index (χ3v) is 4.05. The molecule has 0 unspecified atom stereocenters. The molecule has 0 radical (unpaired) electrons. The van der Waals surface area contributed by atoms with Crippen LogP contribution in [0.3, 0.4) is 0 Å². The Morgan fingerprint density at radius 1 is 1.16 bits per heavy atom. The molecule has 3 aromatic rings. The number of hydrogen-bond donors (Lipinski definition) is 1. The van der Waals surface area contributed by atoms with E-state index in [9.17, 15) is 0 Å². The first-order valence-electron chi connectivity index (χ1n) is 8.23. The minimum atomic E-state index is 0.0298. The first kappa shape index (κ1) is 15.4. The van der Waals surface area contributed by atoms with E-state index in [1.54, 1.807) is 6.20 Å². The Balaban J connectivity index is 1.30. The van der Waals surface area contributed by atoms with Crippen LogP contribution in [0.2, 0.25) is 0 Å². The van der Waals surface area contributed by atoms with Gasteiger partial charge in [0.05, 0.1) is 0 Å². The zero-order valence-electron chi connectivity index (χ0n) is 13.9. The summed E-state index contributed by atoms with van der Waals surface area (Å²) >= 11 is 0. The lowest BCUT2D eigenvalue weighted by Gasteiger charge is -2.26. The fourth-order valence-electron chi connectivity index (χ4n) is 2.72. The molecule has 25 heavy (non-hydrogen) atoms. The van der Waals surface area contributed by atoms with Crippen molar-refractivity contribution in [2.75, 3.05) is 18.5 Å². The molecule has 0 aliphatic carbocycles. The van der Waals surface area contributed by atoms with E-state index in [0.717, 1.165) is 41.8 Å². The molecule has 0 saturated heterocycles. The van der Waals surface area contributed by atoms with Crippen molar-refractivity contribution in [3.05, 3.63) is 48.8 Å². The van der Waals surface area contributed by atoms with E-state index in [-0.39, 0.29) is 6.10 Å². The van der Waals surface area contributed by atoms with Gasteiger partial charge in [0.1, 0.15) is 24.2 Å². The van der Waals surface area contributed by atoms with Crippen LogP contribution in [-0.2, 0) is 7.05 Å². The Morgan fingerprint density at radius 2 is 2.04 bits per heavy atom. The third-order valence-electron chi connectivity index (χ3n) is 4.05. The number of fused-ring (bicyclic) bond motifs is 1. The van der Waals surface area contributed by atoms with Gasteiger partial charge < -0.3 is 19.4 Å². The number of benzene rings is 1. The summed E-state index contributed by atoms with van der Waals surface area (Å²) in [5, 5.41) is 11.7. The smallest absolute Gasteiger partial charge is 0.161 e. The van der Waals surface area contributed by atoms with Crippen LogP contribution in [0.1, 0.15) is 6.42 Å². The molecule has 2 aromatic heterocycles. The Bertz CT molecular complexity index is 847. The Labute approximate surface area is 145 Å². The molecule has 4 rings (SSSR count). The van der Waals surface area contributed by atoms with Crippen molar-refractivity contribution < 1.29 is 9.47 Å². The molecule has 0 spiro atoms. The first-order valence-corrected chi connectivity index (χ1v) is 8.23. The van der Waals surface area contributed by atoms with Crippen molar-refractivity contribution in [1.82, 2.24) is 19.7 Å². The van der Waals surface area contributed by atoms with Gasteiger partial charge in [-0.1, -0.05) is 12.1 Å². The summed E-state index contributed by atoms with van der Waals surface area (Å²) in [4.78, 5) is 4.27. The molecule has 0 bridgehead atoms. The topological polar surface area (TPSA) is 74.1 Å². The van der Waals surface area contributed by atoms with Crippen molar-refractivity contribution in [2.24, 2.45) is 7.05 Å². The van der Waals surface area contributed by atoms with Gasteiger partial charge in [0.25, 0.3) is 0 Å². The number of aromatic nitrogens is 4. The number of ether oxygens (including phenoxy) is 2. The minimum Gasteiger partial charge on any atom is -0.486 e. The van der Waals surface area contributed by atoms with Gasteiger partial charge in [-0.05, 0) is 24.3 Å². The number of nitrogens with one attached hydrogen (secondary N) is 1. The van der Waals surface area contributed by atoms with E-state index < -0.39 is 0 Å². The molecule has 0 amide bonds. The molecular weight excluding hydrogens is 318 g/mol. The first-order chi connectivity index (χ1) is 12.3. The molecule has 0 fully saturated rings. The van der Waals surface area contributed by atoms with Gasteiger partial charge in [-0.25, -0.2) is 4.98 Å². The maximum atomic E-state index is 5.94. The summed E-state index contributed by atoms with van der Waals surface area (Å²) in [6, 6.07) is 11.6. The highest BCUT2D eigenvalue weighted by Gasteiger charge is 2.20. The number of imidazole rings is 1. The number of para-hydroxylation sites is 2. The zero-order valence-corrected chi connectivity index (χ0v) is 13.9. The van der Waals surface area contributed by atoms with Crippen LogP contribution < -0.4 is 14.8 Å². The molecule has 1 aliphatic heterocycles. The van der Waals surface area contributed by atoms with Crippen molar-refractivity contribution in [1.29, 1.82) is 0 Å². The standard InChI is InChI=1S/C18H19N5O2/c1-23-11-10-20-18(23)14-6-7-17(22-21-14)19-9-8-13-12-24-15-4-2-3-5-16(15)25-13/h2-7,10-11,13H,8-9,12H2,1H3,(H,19,22)/t13-/m1/s1. The Kier molecular flexibility index (Phi) is 4.20. The largest absolute Gasteiger partial charge is 0.486 e. The molecule has 1 aromatic carbocycles. The summed E-state index contributed by atoms with van der Waals surface area (Å²) < 4.78 is 13.6. The Morgan fingerprint density at radius 3 is 2.80 bits per heavy atom. The summed E-state index contributed by atoms with van der Waals surface area (Å²) in [6.07, 6.45) is 4.47. The number of rotatable bonds is 5. The molecule has 128 valence electrons. The molecule has 0 saturated carbocycles. The quantitative estimate of drug-likeness (QED) is 0.771. The van der Waals surface area contributed by atoms with Crippen LogP contribution in [0.25, 0.3) is 11.5 Å². The van der Waals surface area contributed by atoms with Gasteiger partial charge in [-0.3, -0.25) is 0 Å². The van der Waals surface area contributed by atoms with E-state index in [1.807, 2.05) is 54.2 Å². The van der Waals surface area contributed by atoms with Gasteiger partial charge in [-0.15, -0.1) is 10.2 Å². The highest BCUT2D eigenvalue weighted by atomic mass is 16.6. The fourth-order valence-corrected chi connectivity index (χ4v) is 2.72. The number of hydrogen-bond acceptors (Lipinski definition) is 6. The van der Waals surface area contributed by atoms with E-state index in [2.05, 4.69) is 20.5 Å². The second-order valence-electron chi connectivity index (χ2n) is 5.88. The van der Waals surface area contributed by atoms with Gasteiger partial charge in [0, 0.05) is 32.4 Å². The van der Waals surface area contributed by atoms with Crippen LogP contribution in [0.5, 0.6) is 11.5 Å². The second-order valence-corrected chi connectivity index (χ2v) is 5.88. The number of nitrogens with zero attached hydrogens (tertiary/aromatic N) is 4. The second kappa shape index (κ2) is 6.80.